The minimum atomic E-state index is -2.74. The number of aliphatic hydroxyl groups is 1. The number of carbonyl (C=O) groups excluding carboxylic acids is 1. The number of nitrogens with two attached hydrogens (primary N) is 1. The highest BCUT2D eigenvalue weighted by atomic mass is 19.3. The van der Waals surface area contributed by atoms with Crippen molar-refractivity contribution in [2.75, 3.05) is 19.6 Å². The third kappa shape index (κ3) is 6.53. The Bertz CT molecular complexity index is 635. The van der Waals surface area contributed by atoms with E-state index in [2.05, 4.69) is 5.32 Å². The van der Waals surface area contributed by atoms with Crippen molar-refractivity contribution in [2.45, 2.75) is 43.4 Å². The Balaban J connectivity index is 1.89. The number of carbonyl (C=O) groups is 2. The van der Waals surface area contributed by atoms with E-state index in [0.717, 1.165) is 5.56 Å². The molecule has 1 amide bonds. The molecule has 1 aromatic carbocycles. The highest BCUT2D eigenvalue weighted by molar-refractivity contribution is 5.86. The van der Waals surface area contributed by atoms with Gasteiger partial charge in [-0.2, -0.15) is 0 Å². The average Bonchev–Trinajstić information content (AvgIpc) is 2.62. The molecule has 1 saturated heterocycles. The van der Waals surface area contributed by atoms with Gasteiger partial charge < -0.3 is 26.2 Å². The fourth-order valence-corrected chi connectivity index (χ4v) is 2.96. The zero-order valence-corrected chi connectivity index (χ0v) is 14.9. The minimum Gasteiger partial charge on any atom is -0.480 e. The van der Waals surface area contributed by atoms with Gasteiger partial charge in [0.25, 0.3) is 11.8 Å². The number of piperidine rings is 1. The van der Waals surface area contributed by atoms with Crippen LogP contribution in [0.2, 0.25) is 0 Å². The van der Waals surface area contributed by atoms with Crippen LogP contribution in [0.4, 0.5) is 8.78 Å². The summed E-state index contributed by atoms with van der Waals surface area (Å²) in [5, 5.41) is 21.7. The lowest BCUT2D eigenvalue weighted by Crippen LogP contribution is -2.56. The van der Waals surface area contributed by atoms with E-state index in [0.29, 0.717) is 0 Å². The Hall–Kier alpha value is -2.10. The van der Waals surface area contributed by atoms with Gasteiger partial charge in [0.05, 0.1) is 0 Å². The summed E-state index contributed by atoms with van der Waals surface area (Å²) in [7, 11) is 0. The summed E-state index contributed by atoms with van der Waals surface area (Å²) in [4.78, 5) is 25.2. The van der Waals surface area contributed by atoms with Crippen LogP contribution in [0.25, 0.3) is 0 Å². The van der Waals surface area contributed by atoms with E-state index < -0.39 is 36.0 Å². The number of rotatable bonds is 8. The second-order valence-electron chi connectivity index (χ2n) is 6.85. The number of hydrogen-bond acceptors (Lipinski definition) is 5. The van der Waals surface area contributed by atoms with Gasteiger partial charge >= 0.3 is 5.97 Å². The van der Waals surface area contributed by atoms with E-state index in [4.69, 9.17) is 5.73 Å². The van der Waals surface area contributed by atoms with Crippen LogP contribution in [0.1, 0.15) is 18.4 Å². The molecule has 1 aliphatic rings. The molecule has 150 valence electrons. The monoisotopic (exact) mass is 385 g/mol. The average molecular weight is 385 g/mol. The van der Waals surface area contributed by atoms with E-state index in [1.54, 1.807) is 29.2 Å². The molecule has 0 radical (unpaired) electrons. The van der Waals surface area contributed by atoms with Crippen LogP contribution in [0.15, 0.2) is 30.3 Å². The molecule has 1 heterocycles. The number of likely N-dealkylation sites (tertiary alicyclic amines) is 1. The molecule has 9 heteroatoms. The van der Waals surface area contributed by atoms with E-state index in [-0.39, 0.29) is 38.9 Å². The molecule has 0 aromatic heterocycles. The molecule has 2 rings (SSSR count). The molecule has 0 spiro atoms. The van der Waals surface area contributed by atoms with Crippen LogP contribution >= 0.6 is 0 Å². The highest BCUT2D eigenvalue weighted by Gasteiger charge is 2.36. The Morgan fingerprint density at radius 3 is 2.37 bits per heavy atom. The molecule has 1 aromatic rings. The van der Waals surface area contributed by atoms with Crippen molar-refractivity contribution in [3.8, 4) is 0 Å². The van der Waals surface area contributed by atoms with Crippen molar-refractivity contribution in [2.24, 2.45) is 5.73 Å². The molecule has 1 unspecified atom stereocenters. The second-order valence-corrected chi connectivity index (χ2v) is 6.85. The molecule has 1 aliphatic heterocycles. The SMILES string of the molecule is N[C@H](Cc1ccccc1)[C@H](O)C(=O)NC(CN1CCC(F)(F)CC1)C(=O)O. The lowest BCUT2D eigenvalue weighted by molar-refractivity contribution is -0.144. The van der Waals surface area contributed by atoms with E-state index in [9.17, 15) is 28.6 Å². The summed E-state index contributed by atoms with van der Waals surface area (Å²) in [6.07, 6.45) is -2.04. The molecule has 3 atom stereocenters. The quantitative estimate of drug-likeness (QED) is 0.509. The van der Waals surface area contributed by atoms with Gasteiger partial charge in [0.2, 0.25) is 0 Å². The first-order valence-corrected chi connectivity index (χ1v) is 8.79. The summed E-state index contributed by atoms with van der Waals surface area (Å²) in [5.74, 6) is -4.93. The number of alkyl halides is 2. The van der Waals surface area contributed by atoms with Crippen molar-refractivity contribution in [3.05, 3.63) is 35.9 Å². The van der Waals surface area contributed by atoms with Gasteiger partial charge in [-0.25, -0.2) is 13.6 Å². The standard InChI is InChI=1S/C18H25F2N3O4/c19-18(20)6-8-23(9-7-18)11-14(17(26)27)22-16(25)15(24)13(21)10-12-4-2-1-3-5-12/h1-5,13-15,24H,6-11,21H2,(H,22,25)(H,26,27)/t13-,14?,15+/m1/s1. The summed E-state index contributed by atoms with van der Waals surface area (Å²) in [6.45, 7) is -0.0246. The number of amides is 1. The van der Waals surface area contributed by atoms with E-state index in [1.165, 1.54) is 0 Å². The van der Waals surface area contributed by atoms with E-state index in [1.807, 2.05) is 6.07 Å². The lowest BCUT2D eigenvalue weighted by Gasteiger charge is -2.33. The summed E-state index contributed by atoms with van der Waals surface area (Å²) >= 11 is 0. The van der Waals surface area contributed by atoms with Crippen molar-refractivity contribution in [1.29, 1.82) is 0 Å². The number of carboxylic acid groups (broad SMARTS) is 1. The molecule has 1 fully saturated rings. The van der Waals surface area contributed by atoms with Gasteiger partial charge in [0.1, 0.15) is 12.1 Å². The van der Waals surface area contributed by atoms with Crippen LogP contribution in [0.5, 0.6) is 0 Å². The van der Waals surface area contributed by atoms with Crippen LogP contribution in [0, 0.1) is 0 Å². The highest BCUT2D eigenvalue weighted by Crippen LogP contribution is 2.27. The lowest BCUT2D eigenvalue weighted by atomic mass is 10.0. The van der Waals surface area contributed by atoms with Crippen LogP contribution in [-0.2, 0) is 16.0 Å². The molecular weight excluding hydrogens is 360 g/mol. The normalized spacial score (nSPS) is 20.4. The number of benzene rings is 1. The Morgan fingerprint density at radius 2 is 1.81 bits per heavy atom. The molecule has 0 saturated carbocycles. The summed E-state index contributed by atoms with van der Waals surface area (Å²) in [5.41, 5.74) is 6.70. The number of aliphatic hydroxyl groups excluding tert-OH is 1. The summed E-state index contributed by atoms with van der Waals surface area (Å²) < 4.78 is 26.4. The van der Waals surface area contributed by atoms with Gasteiger partial charge in [-0.15, -0.1) is 0 Å². The van der Waals surface area contributed by atoms with Crippen molar-refractivity contribution >= 4 is 11.9 Å². The topological polar surface area (TPSA) is 116 Å². The van der Waals surface area contributed by atoms with Crippen molar-refractivity contribution in [3.63, 3.8) is 0 Å². The second kappa shape index (κ2) is 9.20. The maximum Gasteiger partial charge on any atom is 0.327 e. The van der Waals surface area contributed by atoms with Crippen LogP contribution < -0.4 is 11.1 Å². The van der Waals surface area contributed by atoms with Gasteiger partial charge in [-0.3, -0.25) is 4.79 Å². The largest absolute Gasteiger partial charge is 0.480 e. The molecule has 5 N–H and O–H groups in total. The zero-order valence-electron chi connectivity index (χ0n) is 14.9. The van der Waals surface area contributed by atoms with E-state index >= 15 is 0 Å². The number of nitrogens with zero attached hydrogens (tertiary/aromatic N) is 1. The predicted molar refractivity (Wildman–Crippen MR) is 94.3 cm³/mol. The van der Waals surface area contributed by atoms with Gasteiger partial charge in [-0.05, 0) is 12.0 Å². The first kappa shape index (κ1) is 21.2. The third-order valence-corrected chi connectivity index (χ3v) is 4.63. The Morgan fingerprint density at radius 1 is 1.22 bits per heavy atom. The maximum absolute atomic E-state index is 13.2. The molecule has 27 heavy (non-hydrogen) atoms. The number of aliphatic carboxylic acids is 1. The molecular formula is C18H25F2N3O4. The predicted octanol–water partition coefficient (Wildman–Crippen LogP) is 0.218. The molecule has 0 bridgehead atoms. The fourth-order valence-electron chi connectivity index (χ4n) is 2.96. The number of halogens is 2. The zero-order chi connectivity index (χ0) is 20.0. The van der Waals surface area contributed by atoms with Gasteiger partial charge in [0, 0.05) is 38.5 Å². The van der Waals surface area contributed by atoms with Gasteiger partial charge in [0.15, 0.2) is 0 Å². The number of carboxylic acids is 1. The Labute approximate surface area is 156 Å². The fraction of sp³-hybridized carbons (Fsp3) is 0.556. The van der Waals surface area contributed by atoms with Gasteiger partial charge in [-0.1, -0.05) is 30.3 Å². The smallest absolute Gasteiger partial charge is 0.327 e. The minimum absolute atomic E-state index is 0.0444. The summed E-state index contributed by atoms with van der Waals surface area (Å²) in [6, 6.07) is 6.81. The first-order valence-electron chi connectivity index (χ1n) is 8.79. The molecule has 0 aliphatic carbocycles. The molecule has 7 nitrogen and oxygen atoms in total. The van der Waals surface area contributed by atoms with Crippen LogP contribution in [0.3, 0.4) is 0 Å². The first-order chi connectivity index (χ1) is 12.7. The number of hydrogen-bond donors (Lipinski definition) is 4. The van der Waals surface area contributed by atoms with Crippen molar-refractivity contribution < 1.29 is 28.6 Å². The maximum atomic E-state index is 13.2. The number of nitrogens with one attached hydrogen (secondary N) is 1. The third-order valence-electron chi connectivity index (χ3n) is 4.63. The Kier molecular flexibility index (Phi) is 7.23. The van der Waals surface area contributed by atoms with Crippen LogP contribution in [-0.4, -0.2) is 70.7 Å². The van der Waals surface area contributed by atoms with Crippen molar-refractivity contribution in [1.82, 2.24) is 10.2 Å².